The summed E-state index contributed by atoms with van der Waals surface area (Å²) >= 11 is 0. The van der Waals surface area contributed by atoms with Gasteiger partial charge in [0.05, 0.1) is 18.7 Å². The summed E-state index contributed by atoms with van der Waals surface area (Å²) in [5, 5.41) is 0. The molecule has 4 nitrogen and oxygen atoms in total. The van der Waals surface area contributed by atoms with Crippen molar-refractivity contribution in [2.45, 2.75) is 45.7 Å². The minimum absolute atomic E-state index is 0.187. The molecule has 1 aliphatic heterocycles. The molecule has 0 bridgehead atoms. The SMILES string of the molecule is CC.C[C@H]1C(OC(F)(F)F)CCN1C(=O)CN. The summed E-state index contributed by atoms with van der Waals surface area (Å²) in [6.45, 7) is 5.60. The Morgan fingerprint density at radius 1 is 1.47 bits per heavy atom. The normalized spacial score (nSPS) is 24.3. The van der Waals surface area contributed by atoms with Crippen molar-refractivity contribution < 1.29 is 22.7 Å². The molecule has 17 heavy (non-hydrogen) atoms. The minimum atomic E-state index is -4.65. The molecule has 1 rings (SSSR count). The number of nitrogens with zero attached hydrogens (tertiary/aromatic N) is 1. The van der Waals surface area contributed by atoms with E-state index >= 15 is 0 Å². The van der Waals surface area contributed by atoms with Crippen LogP contribution in [0.2, 0.25) is 0 Å². The quantitative estimate of drug-likeness (QED) is 0.814. The number of amides is 1. The van der Waals surface area contributed by atoms with Crippen LogP contribution in [0.3, 0.4) is 0 Å². The van der Waals surface area contributed by atoms with Crippen molar-refractivity contribution in [3.05, 3.63) is 0 Å². The molecule has 1 aliphatic rings. The number of likely N-dealkylation sites (tertiary alicyclic amines) is 1. The zero-order valence-electron chi connectivity index (χ0n) is 10.3. The molecule has 7 heteroatoms. The van der Waals surface area contributed by atoms with Gasteiger partial charge in [0.15, 0.2) is 0 Å². The lowest BCUT2D eigenvalue weighted by Gasteiger charge is -2.24. The molecule has 0 spiro atoms. The molecule has 2 atom stereocenters. The van der Waals surface area contributed by atoms with Crippen molar-refractivity contribution in [2.75, 3.05) is 13.1 Å². The zero-order valence-corrected chi connectivity index (χ0v) is 10.3. The van der Waals surface area contributed by atoms with E-state index in [0.717, 1.165) is 0 Å². The Kier molecular flexibility index (Phi) is 6.48. The van der Waals surface area contributed by atoms with Gasteiger partial charge in [0.1, 0.15) is 0 Å². The summed E-state index contributed by atoms with van der Waals surface area (Å²) in [7, 11) is 0. The number of nitrogens with two attached hydrogens (primary N) is 1. The van der Waals surface area contributed by atoms with E-state index in [-0.39, 0.29) is 25.4 Å². The third-order valence-electron chi connectivity index (χ3n) is 2.46. The molecular formula is C10H19F3N2O2. The second-order valence-corrected chi connectivity index (χ2v) is 3.42. The molecule has 0 aromatic heterocycles. The Morgan fingerprint density at radius 2 is 2.00 bits per heavy atom. The number of rotatable bonds is 2. The largest absolute Gasteiger partial charge is 0.522 e. The predicted octanol–water partition coefficient (Wildman–Crippen LogP) is 1.50. The number of halogens is 3. The summed E-state index contributed by atoms with van der Waals surface area (Å²) in [5.41, 5.74) is 5.13. The Bertz CT molecular complexity index is 246. The molecule has 1 heterocycles. The second-order valence-electron chi connectivity index (χ2n) is 3.42. The Hall–Kier alpha value is -0.820. The van der Waals surface area contributed by atoms with Crippen LogP contribution in [-0.2, 0) is 9.53 Å². The Balaban J connectivity index is 0.00000121. The highest BCUT2D eigenvalue weighted by Gasteiger charge is 2.41. The highest BCUT2D eigenvalue weighted by Crippen LogP contribution is 2.27. The van der Waals surface area contributed by atoms with Gasteiger partial charge in [0, 0.05) is 6.54 Å². The predicted molar refractivity (Wildman–Crippen MR) is 57.1 cm³/mol. The van der Waals surface area contributed by atoms with Gasteiger partial charge in [-0.1, -0.05) is 13.8 Å². The topological polar surface area (TPSA) is 55.6 Å². The first-order valence-electron chi connectivity index (χ1n) is 5.59. The zero-order chi connectivity index (χ0) is 13.6. The van der Waals surface area contributed by atoms with Gasteiger partial charge >= 0.3 is 6.36 Å². The van der Waals surface area contributed by atoms with Crippen LogP contribution in [0.1, 0.15) is 27.2 Å². The van der Waals surface area contributed by atoms with Gasteiger partial charge in [-0.2, -0.15) is 0 Å². The van der Waals surface area contributed by atoms with E-state index in [1.54, 1.807) is 0 Å². The lowest BCUT2D eigenvalue weighted by atomic mass is 10.2. The van der Waals surface area contributed by atoms with Crippen molar-refractivity contribution >= 4 is 5.91 Å². The van der Waals surface area contributed by atoms with Gasteiger partial charge in [-0.25, -0.2) is 0 Å². The summed E-state index contributed by atoms with van der Waals surface area (Å²) < 4.78 is 39.7. The van der Waals surface area contributed by atoms with Gasteiger partial charge in [-0.3, -0.25) is 9.53 Å². The lowest BCUT2D eigenvalue weighted by molar-refractivity contribution is -0.343. The fraction of sp³-hybridized carbons (Fsp3) is 0.900. The molecule has 0 aromatic carbocycles. The van der Waals surface area contributed by atoms with E-state index in [0.29, 0.717) is 0 Å². The van der Waals surface area contributed by atoms with Gasteiger partial charge in [-0.05, 0) is 13.3 Å². The maximum absolute atomic E-state index is 11.9. The summed E-state index contributed by atoms with van der Waals surface area (Å²) in [6, 6.07) is -0.581. The van der Waals surface area contributed by atoms with Crippen molar-refractivity contribution in [1.29, 1.82) is 0 Å². The van der Waals surface area contributed by atoms with E-state index in [1.807, 2.05) is 13.8 Å². The highest BCUT2D eigenvalue weighted by atomic mass is 19.4. The second kappa shape index (κ2) is 6.80. The Labute approximate surface area is 98.9 Å². The van der Waals surface area contributed by atoms with Crippen LogP contribution in [0.15, 0.2) is 0 Å². The van der Waals surface area contributed by atoms with Gasteiger partial charge in [-0.15, -0.1) is 13.2 Å². The first-order chi connectivity index (χ1) is 7.85. The van der Waals surface area contributed by atoms with Crippen molar-refractivity contribution in [2.24, 2.45) is 5.73 Å². The number of hydrogen-bond donors (Lipinski definition) is 1. The van der Waals surface area contributed by atoms with Crippen LogP contribution in [-0.4, -0.2) is 42.4 Å². The van der Waals surface area contributed by atoms with Gasteiger partial charge in [0.2, 0.25) is 5.91 Å². The molecule has 1 saturated heterocycles. The van der Waals surface area contributed by atoms with E-state index in [2.05, 4.69) is 4.74 Å². The Morgan fingerprint density at radius 3 is 2.41 bits per heavy atom. The van der Waals surface area contributed by atoms with E-state index in [4.69, 9.17) is 5.73 Å². The van der Waals surface area contributed by atoms with Crippen LogP contribution in [0, 0.1) is 0 Å². The smallest absolute Gasteiger partial charge is 0.336 e. The van der Waals surface area contributed by atoms with Crippen molar-refractivity contribution in [3.8, 4) is 0 Å². The van der Waals surface area contributed by atoms with Crippen LogP contribution in [0.5, 0.6) is 0 Å². The van der Waals surface area contributed by atoms with E-state index in [1.165, 1.54) is 11.8 Å². The molecule has 0 aromatic rings. The van der Waals surface area contributed by atoms with Gasteiger partial charge < -0.3 is 10.6 Å². The first-order valence-corrected chi connectivity index (χ1v) is 5.59. The first kappa shape index (κ1) is 16.2. The summed E-state index contributed by atoms with van der Waals surface area (Å²) in [6.07, 6.45) is -5.45. The van der Waals surface area contributed by atoms with Crippen LogP contribution >= 0.6 is 0 Å². The third-order valence-corrected chi connectivity index (χ3v) is 2.46. The number of carbonyl (C=O) groups excluding carboxylic acids is 1. The summed E-state index contributed by atoms with van der Waals surface area (Å²) in [5.74, 6) is -0.351. The number of alkyl halides is 3. The van der Waals surface area contributed by atoms with E-state index in [9.17, 15) is 18.0 Å². The minimum Gasteiger partial charge on any atom is -0.336 e. The molecule has 1 unspecified atom stereocenters. The van der Waals surface area contributed by atoms with Crippen LogP contribution in [0.25, 0.3) is 0 Å². The average Bonchev–Trinajstić information content (AvgIpc) is 2.60. The van der Waals surface area contributed by atoms with Gasteiger partial charge in [0.25, 0.3) is 0 Å². The van der Waals surface area contributed by atoms with Crippen LogP contribution < -0.4 is 5.73 Å². The van der Waals surface area contributed by atoms with Crippen LogP contribution in [0.4, 0.5) is 13.2 Å². The van der Waals surface area contributed by atoms with Crippen molar-refractivity contribution in [1.82, 2.24) is 4.90 Å². The summed E-state index contributed by atoms with van der Waals surface area (Å²) in [4.78, 5) is 12.5. The number of hydrogen-bond acceptors (Lipinski definition) is 3. The molecule has 0 aliphatic carbocycles. The molecule has 0 radical (unpaired) electrons. The molecule has 2 N–H and O–H groups in total. The molecule has 1 fully saturated rings. The third kappa shape index (κ3) is 4.91. The van der Waals surface area contributed by atoms with Crippen molar-refractivity contribution in [3.63, 3.8) is 0 Å². The average molecular weight is 256 g/mol. The molecule has 102 valence electrons. The highest BCUT2D eigenvalue weighted by molar-refractivity contribution is 5.78. The molecule has 1 amide bonds. The molecular weight excluding hydrogens is 237 g/mol. The fourth-order valence-electron chi connectivity index (χ4n) is 1.71. The molecule has 0 saturated carbocycles. The number of carbonyl (C=O) groups is 1. The standard InChI is InChI=1S/C8H13F3N2O2.C2H6/c1-5-6(15-8(9,10)11)2-3-13(5)7(14)4-12;1-2/h5-6H,2-4,12H2,1H3;1-2H3/t5-,6?;/m0./s1. The van der Waals surface area contributed by atoms with E-state index < -0.39 is 18.5 Å². The maximum Gasteiger partial charge on any atom is 0.522 e. The monoisotopic (exact) mass is 256 g/mol. The fourth-order valence-corrected chi connectivity index (χ4v) is 1.71. The lowest BCUT2D eigenvalue weighted by Crippen LogP contribution is -2.42. The number of ether oxygens (including phenoxy) is 1. The maximum atomic E-state index is 11.9.